The summed E-state index contributed by atoms with van der Waals surface area (Å²) in [6.07, 6.45) is 0. The first-order chi connectivity index (χ1) is 3.42. The molecule has 48 valence electrons. The van der Waals surface area contributed by atoms with Crippen molar-refractivity contribution in [1.82, 2.24) is 5.09 Å². The van der Waals surface area contributed by atoms with Crippen LogP contribution in [0.15, 0.2) is 0 Å². The van der Waals surface area contributed by atoms with Gasteiger partial charge in [-0.1, -0.05) is 12.2 Å². The van der Waals surface area contributed by atoms with E-state index in [0.29, 0.717) is 0 Å². The van der Waals surface area contributed by atoms with Crippen LogP contribution in [-0.2, 0) is 4.57 Å². The van der Waals surface area contributed by atoms with Crippen molar-refractivity contribution in [2.24, 2.45) is 0 Å². The van der Waals surface area contributed by atoms with Gasteiger partial charge in [0.1, 0.15) is 4.32 Å². The molecule has 0 atom stereocenters. The van der Waals surface area contributed by atoms with Gasteiger partial charge in [-0.15, -0.1) is 12.6 Å². The Morgan fingerprint density at radius 3 is 2.12 bits per heavy atom. The van der Waals surface area contributed by atoms with E-state index in [4.69, 9.17) is 9.79 Å². The molecule has 0 unspecified atom stereocenters. The second kappa shape index (κ2) is 2.80. The number of rotatable bonds is 1. The van der Waals surface area contributed by atoms with Crippen LogP contribution in [0.5, 0.6) is 0 Å². The van der Waals surface area contributed by atoms with Crippen molar-refractivity contribution in [1.29, 1.82) is 0 Å². The number of thiol groups is 1. The van der Waals surface area contributed by atoms with Gasteiger partial charge >= 0.3 is 7.75 Å². The van der Waals surface area contributed by atoms with Crippen LogP contribution in [-0.4, -0.2) is 14.1 Å². The van der Waals surface area contributed by atoms with Gasteiger partial charge in [0.15, 0.2) is 0 Å². The SMILES string of the molecule is O=P(O)(O)NC(=S)S. The number of thiocarbonyl (C=S) groups is 1. The Morgan fingerprint density at radius 1 is 1.75 bits per heavy atom. The highest BCUT2D eigenvalue weighted by Crippen LogP contribution is 2.28. The zero-order chi connectivity index (χ0) is 6.78. The van der Waals surface area contributed by atoms with E-state index >= 15 is 0 Å². The van der Waals surface area contributed by atoms with E-state index in [1.807, 2.05) is 0 Å². The summed E-state index contributed by atoms with van der Waals surface area (Å²) in [5, 5.41) is 1.64. The van der Waals surface area contributed by atoms with Gasteiger partial charge in [0, 0.05) is 0 Å². The molecule has 0 amide bonds. The van der Waals surface area contributed by atoms with E-state index in [9.17, 15) is 4.57 Å². The van der Waals surface area contributed by atoms with Gasteiger partial charge in [-0.25, -0.2) is 4.57 Å². The average molecular weight is 173 g/mol. The molecule has 0 aliphatic carbocycles. The maximum absolute atomic E-state index is 9.89. The topological polar surface area (TPSA) is 69.6 Å². The molecule has 3 N–H and O–H groups in total. The lowest BCUT2D eigenvalue weighted by atomic mass is 11.5. The van der Waals surface area contributed by atoms with Gasteiger partial charge in [-0.3, -0.25) is 5.09 Å². The molecule has 0 aromatic carbocycles. The Morgan fingerprint density at radius 2 is 2.12 bits per heavy atom. The average Bonchev–Trinajstić information content (AvgIpc) is 1.21. The van der Waals surface area contributed by atoms with Gasteiger partial charge in [0.25, 0.3) is 0 Å². The standard InChI is InChI=1S/CH4NO3PS2/c3-6(4,5)2-1(7)8/h(H4,2,3,4,5,7,8). The lowest BCUT2D eigenvalue weighted by Gasteiger charge is -2.01. The molecule has 0 heterocycles. The Hall–Kier alpha value is 0.390. The molecule has 0 radical (unpaired) electrons. The molecule has 8 heavy (non-hydrogen) atoms. The van der Waals surface area contributed by atoms with Crippen LogP contribution in [0.3, 0.4) is 0 Å². The van der Waals surface area contributed by atoms with Crippen LogP contribution in [0.1, 0.15) is 0 Å². The molecule has 0 spiro atoms. The van der Waals surface area contributed by atoms with Crippen LogP contribution in [0.4, 0.5) is 0 Å². The largest absolute Gasteiger partial charge is 0.428 e. The predicted octanol–water partition coefficient (Wildman–Crippen LogP) is -0.117. The van der Waals surface area contributed by atoms with Crippen molar-refractivity contribution in [3.05, 3.63) is 0 Å². The molecular weight excluding hydrogens is 169 g/mol. The summed E-state index contributed by atoms with van der Waals surface area (Å²) in [6, 6.07) is 0. The smallest absolute Gasteiger partial charge is 0.308 e. The van der Waals surface area contributed by atoms with Crippen LogP contribution < -0.4 is 5.09 Å². The molecule has 0 aliphatic rings. The fraction of sp³-hybridized carbons (Fsp3) is 0. The van der Waals surface area contributed by atoms with E-state index in [-0.39, 0.29) is 4.32 Å². The third-order valence-electron chi connectivity index (χ3n) is 0.241. The molecule has 0 bridgehead atoms. The fourth-order valence-corrected chi connectivity index (χ4v) is 1.12. The Labute approximate surface area is 56.9 Å². The Balaban J connectivity index is 3.74. The lowest BCUT2D eigenvalue weighted by Crippen LogP contribution is -2.11. The summed E-state index contributed by atoms with van der Waals surface area (Å²) in [6.45, 7) is 0. The van der Waals surface area contributed by atoms with Crippen molar-refractivity contribution in [2.75, 3.05) is 0 Å². The zero-order valence-electron chi connectivity index (χ0n) is 3.61. The molecule has 0 saturated carbocycles. The summed E-state index contributed by atoms with van der Waals surface area (Å²) in [5.41, 5.74) is 0. The molecule has 0 aromatic rings. The Bertz CT molecular complexity index is 140. The van der Waals surface area contributed by atoms with Gasteiger partial charge in [-0.2, -0.15) is 0 Å². The van der Waals surface area contributed by atoms with E-state index < -0.39 is 7.75 Å². The molecule has 0 fully saturated rings. The minimum absolute atomic E-state index is 0.210. The second-order valence-corrected chi connectivity index (χ2v) is 3.43. The van der Waals surface area contributed by atoms with Gasteiger partial charge < -0.3 is 9.79 Å². The third-order valence-corrected chi connectivity index (χ3v) is 1.30. The zero-order valence-corrected chi connectivity index (χ0v) is 6.21. The molecule has 0 aliphatic heterocycles. The first-order valence-corrected chi connectivity index (χ1v) is 3.95. The van der Waals surface area contributed by atoms with Crippen LogP contribution >= 0.6 is 32.6 Å². The quantitative estimate of drug-likeness (QED) is 0.253. The molecular formula is CH4NO3PS2. The van der Waals surface area contributed by atoms with Crippen molar-refractivity contribution in [2.45, 2.75) is 0 Å². The van der Waals surface area contributed by atoms with Gasteiger partial charge in [-0.05, 0) is 0 Å². The van der Waals surface area contributed by atoms with Gasteiger partial charge in [0.2, 0.25) is 0 Å². The summed E-state index contributed by atoms with van der Waals surface area (Å²) in [7, 11) is -4.19. The minimum Gasteiger partial charge on any atom is -0.308 e. The van der Waals surface area contributed by atoms with E-state index in [1.54, 1.807) is 5.09 Å². The van der Waals surface area contributed by atoms with Crippen LogP contribution in [0, 0.1) is 0 Å². The normalized spacial score (nSPS) is 10.9. The van der Waals surface area contributed by atoms with Crippen molar-refractivity contribution in [3.8, 4) is 0 Å². The summed E-state index contributed by atoms with van der Waals surface area (Å²) in [5.74, 6) is 0. The lowest BCUT2D eigenvalue weighted by molar-refractivity contribution is 0.368. The molecule has 7 heteroatoms. The highest BCUT2D eigenvalue weighted by atomic mass is 32.1. The highest BCUT2D eigenvalue weighted by molar-refractivity contribution is 8.11. The minimum atomic E-state index is -4.19. The second-order valence-electron chi connectivity index (χ2n) is 0.961. The first-order valence-electron chi connectivity index (χ1n) is 1.48. The number of hydrogen-bond donors (Lipinski definition) is 4. The summed E-state index contributed by atoms with van der Waals surface area (Å²) < 4.78 is 9.68. The van der Waals surface area contributed by atoms with Crippen LogP contribution in [0.2, 0.25) is 0 Å². The number of hydrogen-bond acceptors (Lipinski definition) is 2. The highest BCUT2D eigenvalue weighted by Gasteiger charge is 2.10. The molecule has 4 nitrogen and oxygen atoms in total. The predicted molar refractivity (Wildman–Crippen MR) is 36.8 cm³/mol. The third kappa shape index (κ3) is 6.39. The monoisotopic (exact) mass is 173 g/mol. The Kier molecular flexibility index (Phi) is 2.93. The molecule has 0 aromatic heterocycles. The maximum Gasteiger partial charge on any atom is 0.428 e. The first kappa shape index (κ1) is 8.39. The fourth-order valence-electron chi connectivity index (χ4n) is 0.125. The number of nitrogens with one attached hydrogen (secondary N) is 1. The maximum atomic E-state index is 9.89. The van der Waals surface area contributed by atoms with E-state index in [2.05, 4.69) is 24.8 Å². The van der Waals surface area contributed by atoms with Gasteiger partial charge in [0.05, 0.1) is 0 Å². The summed E-state index contributed by atoms with van der Waals surface area (Å²) >= 11 is 7.62. The van der Waals surface area contributed by atoms with Crippen molar-refractivity contribution >= 4 is 36.9 Å². The van der Waals surface area contributed by atoms with E-state index in [0.717, 1.165) is 0 Å². The van der Waals surface area contributed by atoms with Crippen LogP contribution in [0.25, 0.3) is 0 Å². The molecule has 0 rings (SSSR count). The van der Waals surface area contributed by atoms with Crippen molar-refractivity contribution < 1.29 is 14.4 Å². The van der Waals surface area contributed by atoms with E-state index in [1.165, 1.54) is 0 Å². The summed E-state index contributed by atoms with van der Waals surface area (Å²) in [4.78, 5) is 16.1. The van der Waals surface area contributed by atoms with Crippen molar-refractivity contribution in [3.63, 3.8) is 0 Å². The molecule has 0 saturated heterocycles.